The van der Waals surface area contributed by atoms with E-state index in [1.54, 1.807) is 24.1 Å². The van der Waals surface area contributed by atoms with Crippen LogP contribution in [0.3, 0.4) is 0 Å². The van der Waals surface area contributed by atoms with E-state index in [0.29, 0.717) is 11.0 Å². The van der Waals surface area contributed by atoms with E-state index in [-0.39, 0.29) is 0 Å². The highest BCUT2D eigenvalue weighted by molar-refractivity contribution is 14.1. The molecule has 0 atom stereocenters. The van der Waals surface area contributed by atoms with Crippen LogP contribution in [-0.4, -0.2) is 25.0 Å². The number of hydrogen-bond donors (Lipinski definition) is 0. The highest BCUT2D eigenvalue weighted by Crippen LogP contribution is 2.18. The van der Waals surface area contributed by atoms with Crippen LogP contribution in [0.15, 0.2) is 12.4 Å². The molecule has 7 heteroatoms. The first-order valence-electron chi connectivity index (χ1n) is 3.71. The van der Waals surface area contributed by atoms with Gasteiger partial charge in [0, 0.05) is 13.2 Å². The van der Waals surface area contributed by atoms with Crippen LogP contribution in [0.5, 0.6) is 0 Å². The molecule has 72 valence electrons. The maximum atomic E-state index is 5.87. The van der Waals surface area contributed by atoms with Crippen molar-refractivity contribution in [1.82, 2.24) is 25.0 Å². The summed E-state index contributed by atoms with van der Waals surface area (Å²) in [6.45, 7) is 0. The van der Waals surface area contributed by atoms with Crippen molar-refractivity contribution >= 4 is 34.2 Å². The Morgan fingerprint density at radius 2 is 2.21 bits per heavy atom. The predicted octanol–water partition coefficient (Wildman–Crippen LogP) is 1.53. The fourth-order valence-electron chi connectivity index (χ4n) is 0.962. The van der Waals surface area contributed by atoms with Gasteiger partial charge in [0.1, 0.15) is 10.8 Å². The van der Waals surface area contributed by atoms with Crippen LogP contribution in [-0.2, 0) is 7.05 Å². The molecule has 2 rings (SSSR count). The third-order valence-corrected chi connectivity index (χ3v) is 3.04. The van der Waals surface area contributed by atoms with Gasteiger partial charge in [0.15, 0.2) is 5.82 Å². The molecule has 14 heavy (non-hydrogen) atoms. The van der Waals surface area contributed by atoms with Crippen molar-refractivity contribution in [3.05, 3.63) is 21.1 Å². The van der Waals surface area contributed by atoms with E-state index in [4.69, 9.17) is 11.6 Å². The fourth-order valence-corrected chi connectivity index (χ4v) is 1.35. The standard InChI is InChI=1S/C7H5ClIN5/c1-14-5(3-11-13-14)7-10-2-4(9)6(8)12-7/h2-3H,1H3. The minimum absolute atomic E-state index is 0.441. The summed E-state index contributed by atoms with van der Waals surface area (Å²) in [5, 5.41) is 7.97. The van der Waals surface area contributed by atoms with Crippen LogP contribution >= 0.6 is 34.2 Å². The van der Waals surface area contributed by atoms with E-state index in [1.165, 1.54) is 0 Å². The van der Waals surface area contributed by atoms with Crippen molar-refractivity contribution < 1.29 is 0 Å². The van der Waals surface area contributed by atoms with Crippen molar-refractivity contribution in [2.45, 2.75) is 0 Å². The van der Waals surface area contributed by atoms with Gasteiger partial charge in [-0.05, 0) is 22.6 Å². The van der Waals surface area contributed by atoms with Crippen molar-refractivity contribution in [3.8, 4) is 11.5 Å². The summed E-state index contributed by atoms with van der Waals surface area (Å²) in [6, 6.07) is 0. The van der Waals surface area contributed by atoms with Gasteiger partial charge in [-0.1, -0.05) is 16.8 Å². The number of hydrogen-bond acceptors (Lipinski definition) is 4. The summed E-state index contributed by atoms with van der Waals surface area (Å²) in [7, 11) is 1.78. The Morgan fingerprint density at radius 3 is 2.79 bits per heavy atom. The van der Waals surface area contributed by atoms with E-state index >= 15 is 0 Å². The molecule has 0 radical (unpaired) electrons. The van der Waals surface area contributed by atoms with Gasteiger partial charge >= 0.3 is 0 Å². The molecule has 0 N–H and O–H groups in total. The topological polar surface area (TPSA) is 56.5 Å². The smallest absolute Gasteiger partial charge is 0.180 e. The van der Waals surface area contributed by atoms with E-state index < -0.39 is 0 Å². The highest BCUT2D eigenvalue weighted by atomic mass is 127. The van der Waals surface area contributed by atoms with Gasteiger partial charge in [-0.15, -0.1) is 5.10 Å². The molecule has 0 fully saturated rings. The first-order valence-corrected chi connectivity index (χ1v) is 5.17. The quantitative estimate of drug-likeness (QED) is 0.590. The number of rotatable bonds is 1. The third kappa shape index (κ3) is 1.71. The van der Waals surface area contributed by atoms with Gasteiger partial charge < -0.3 is 0 Å². The Morgan fingerprint density at radius 1 is 1.43 bits per heavy atom. The zero-order valence-corrected chi connectivity index (χ0v) is 10.1. The van der Waals surface area contributed by atoms with Gasteiger partial charge in [-0.2, -0.15) is 0 Å². The van der Waals surface area contributed by atoms with Crippen molar-refractivity contribution in [2.75, 3.05) is 0 Å². The fraction of sp³-hybridized carbons (Fsp3) is 0.143. The second-order valence-corrected chi connectivity index (χ2v) is 4.10. The average molecular weight is 322 g/mol. The molecule has 0 aliphatic carbocycles. The molecule has 0 bridgehead atoms. The zero-order valence-electron chi connectivity index (χ0n) is 7.15. The van der Waals surface area contributed by atoms with Crippen LogP contribution < -0.4 is 0 Å². The summed E-state index contributed by atoms with van der Waals surface area (Å²) in [4.78, 5) is 8.26. The van der Waals surface area contributed by atoms with E-state index in [2.05, 4.69) is 42.9 Å². The van der Waals surface area contributed by atoms with Crippen molar-refractivity contribution in [1.29, 1.82) is 0 Å². The van der Waals surface area contributed by atoms with Crippen LogP contribution in [0.4, 0.5) is 0 Å². The summed E-state index contributed by atoms with van der Waals surface area (Å²) >= 11 is 7.95. The van der Waals surface area contributed by atoms with Gasteiger partial charge in [-0.25, -0.2) is 14.6 Å². The second kappa shape index (κ2) is 3.77. The Balaban J connectivity index is 2.53. The van der Waals surface area contributed by atoms with Gasteiger partial charge in [0.2, 0.25) is 0 Å². The van der Waals surface area contributed by atoms with E-state index in [9.17, 15) is 0 Å². The molecule has 0 aliphatic rings. The summed E-state index contributed by atoms with van der Waals surface area (Å²) in [6.07, 6.45) is 3.26. The summed E-state index contributed by atoms with van der Waals surface area (Å²) in [5.74, 6) is 0.530. The summed E-state index contributed by atoms with van der Waals surface area (Å²) < 4.78 is 2.42. The molecule has 2 aromatic rings. The number of nitrogens with zero attached hydrogens (tertiary/aromatic N) is 5. The lowest BCUT2D eigenvalue weighted by Crippen LogP contribution is -1.98. The Hall–Kier alpha value is -0.760. The number of halogens is 2. The van der Waals surface area contributed by atoms with Gasteiger partial charge in [0.05, 0.1) is 9.77 Å². The van der Waals surface area contributed by atoms with Crippen LogP contribution in [0.2, 0.25) is 5.15 Å². The van der Waals surface area contributed by atoms with Crippen LogP contribution in [0, 0.1) is 3.57 Å². The SMILES string of the molecule is Cn1nncc1-c1ncc(I)c(Cl)n1. The molecule has 0 spiro atoms. The lowest BCUT2D eigenvalue weighted by atomic mass is 10.4. The molecule has 0 aromatic carbocycles. The molecule has 0 amide bonds. The molecule has 0 unspecified atom stereocenters. The van der Waals surface area contributed by atoms with Gasteiger partial charge in [-0.3, -0.25) is 0 Å². The van der Waals surface area contributed by atoms with E-state index in [1.807, 2.05) is 0 Å². The average Bonchev–Trinajstić information content (AvgIpc) is 2.57. The lowest BCUT2D eigenvalue weighted by molar-refractivity contribution is 0.717. The monoisotopic (exact) mass is 321 g/mol. The predicted molar refractivity (Wildman–Crippen MR) is 59.8 cm³/mol. The Bertz CT molecular complexity index is 469. The first kappa shape index (κ1) is 9.78. The van der Waals surface area contributed by atoms with Crippen LogP contribution in [0.1, 0.15) is 0 Å². The third-order valence-electron chi connectivity index (χ3n) is 1.64. The summed E-state index contributed by atoms with van der Waals surface area (Å²) in [5.41, 5.74) is 0.739. The Kier molecular flexibility index (Phi) is 2.64. The molecule has 5 nitrogen and oxygen atoms in total. The van der Waals surface area contributed by atoms with E-state index in [0.717, 1.165) is 9.26 Å². The normalized spacial score (nSPS) is 10.5. The molecule has 2 heterocycles. The number of aromatic nitrogens is 5. The number of aryl methyl sites for hydroxylation is 1. The second-order valence-electron chi connectivity index (χ2n) is 2.58. The largest absolute Gasteiger partial charge is 0.245 e. The van der Waals surface area contributed by atoms with Crippen molar-refractivity contribution in [3.63, 3.8) is 0 Å². The van der Waals surface area contributed by atoms with Crippen molar-refractivity contribution in [2.24, 2.45) is 7.05 Å². The minimum Gasteiger partial charge on any atom is -0.245 e. The molecule has 0 saturated heterocycles. The molecular formula is C7H5ClIN5. The molecule has 0 saturated carbocycles. The molecule has 0 aliphatic heterocycles. The first-order chi connectivity index (χ1) is 6.68. The maximum absolute atomic E-state index is 5.87. The maximum Gasteiger partial charge on any atom is 0.180 e. The molecular weight excluding hydrogens is 316 g/mol. The highest BCUT2D eigenvalue weighted by Gasteiger charge is 2.08. The minimum atomic E-state index is 0.441. The van der Waals surface area contributed by atoms with Gasteiger partial charge in [0.25, 0.3) is 0 Å². The molecule has 2 aromatic heterocycles. The zero-order chi connectivity index (χ0) is 10.1. The Labute approximate surface area is 98.7 Å². The van der Waals surface area contributed by atoms with Crippen LogP contribution in [0.25, 0.3) is 11.5 Å². The lowest BCUT2D eigenvalue weighted by Gasteiger charge is -2.00.